The molecule has 0 radical (unpaired) electrons. The molecule has 0 spiro atoms. The number of halogens is 1. The quantitative estimate of drug-likeness (QED) is 0.785. The molecule has 0 atom stereocenters. The van der Waals surface area contributed by atoms with E-state index in [2.05, 4.69) is 10.1 Å². The molecule has 0 unspecified atom stereocenters. The third-order valence-electron chi connectivity index (χ3n) is 1.83. The smallest absolute Gasteiger partial charge is 0.238 e. The fourth-order valence-corrected chi connectivity index (χ4v) is 2.03. The molecule has 2 aromatic rings. The Hall–Kier alpha value is -1.40. The lowest BCUT2D eigenvalue weighted by molar-refractivity contribution is 0.426. The third-order valence-corrected chi connectivity index (χ3v) is 2.79. The second-order valence-electron chi connectivity index (χ2n) is 3.11. The Morgan fingerprint density at radius 3 is 2.88 bits per heavy atom. The second-order valence-corrected chi connectivity index (χ2v) is 5.88. The molecule has 0 N–H and O–H groups in total. The maximum absolute atomic E-state index is 10.8. The van der Waals surface area contributed by atoms with Crippen molar-refractivity contribution in [1.29, 1.82) is 0 Å². The molecule has 0 aliphatic rings. The predicted octanol–water partition coefficient (Wildman–Crippen LogP) is 1.81. The Morgan fingerprint density at radius 2 is 2.25 bits per heavy atom. The first-order chi connectivity index (χ1) is 7.54. The van der Waals surface area contributed by atoms with Gasteiger partial charge in [0, 0.05) is 34.7 Å². The first kappa shape index (κ1) is 11.1. The van der Waals surface area contributed by atoms with Gasteiger partial charge in [-0.3, -0.25) is 4.98 Å². The van der Waals surface area contributed by atoms with Crippen molar-refractivity contribution < 1.29 is 12.9 Å². The summed E-state index contributed by atoms with van der Waals surface area (Å²) in [6, 6.07) is 5.05. The van der Waals surface area contributed by atoms with Crippen LogP contribution in [0.4, 0.5) is 0 Å². The van der Waals surface area contributed by atoms with Crippen LogP contribution in [0.2, 0.25) is 0 Å². The van der Waals surface area contributed by atoms with E-state index in [0.717, 1.165) is 5.56 Å². The summed E-state index contributed by atoms with van der Waals surface area (Å²) in [6.45, 7) is 0. The van der Waals surface area contributed by atoms with Gasteiger partial charge in [0.25, 0.3) is 0 Å². The molecule has 0 fully saturated rings. The highest BCUT2D eigenvalue weighted by atomic mass is 35.7. The van der Waals surface area contributed by atoms with Gasteiger partial charge in [0.05, 0.1) is 0 Å². The average molecular weight is 259 g/mol. The molecule has 2 heterocycles. The van der Waals surface area contributed by atoms with Crippen molar-refractivity contribution in [2.45, 2.75) is 5.75 Å². The maximum atomic E-state index is 10.8. The highest BCUT2D eigenvalue weighted by Crippen LogP contribution is 2.20. The molecule has 0 aliphatic carbocycles. The molecule has 84 valence electrons. The summed E-state index contributed by atoms with van der Waals surface area (Å²) in [7, 11) is 1.49. The topological polar surface area (TPSA) is 73.1 Å². The molecule has 16 heavy (non-hydrogen) atoms. The lowest BCUT2D eigenvalue weighted by atomic mass is 10.2. The number of aromatic nitrogens is 2. The summed E-state index contributed by atoms with van der Waals surface area (Å²) in [6.07, 6.45) is 3.23. The van der Waals surface area contributed by atoms with Crippen molar-refractivity contribution in [3.8, 4) is 11.3 Å². The Balaban J connectivity index is 2.27. The van der Waals surface area contributed by atoms with Crippen LogP contribution in [0.25, 0.3) is 11.3 Å². The Kier molecular flexibility index (Phi) is 2.93. The zero-order chi connectivity index (χ0) is 11.6. The molecule has 2 aromatic heterocycles. The fraction of sp³-hybridized carbons (Fsp3) is 0.111. The summed E-state index contributed by atoms with van der Waals surface area (Å²) in [4.78, 5) is 3.91. The number of pyridine rings is 1. The van der Waals surface area contributed by atoms with Crippen LogP contribution < -0.4 is 0 Å². The van der Waals surface area contributed by atoms with Crippen molar-refractivity contribution in [2.24, 2.45) is 0 Å². The monoisotopic (exact) mass is 258 g/mol. The van der Waals surface area contributed by atoms with Gasteiger partial charge < -0.3 is 4.52 Å². The van der Waals surface area contributed by atoms with E-state index in [-0.39, 0.29) is 11.4 Å². The van der Waals surface area contributed by atoms with Crippen LogP contribution in [0.3, 0.4) is 0 Å². The first-order valence-corrected chi connectivity index (χ1v) is 6.81. The van der Waals surface area contributed by atoms with E-state index in [1.165, 1.54) is 6.07 Å². The van der Waals surface area contributed by atoms with Crippen LogP contribution in [0.5, 0.6) is 0 Å². The summed E-state index contributed by atoms with van der Waals surface area (Å²) in [5.74, 6) is 0.113. The molecule has 0 saturated carbocycles. The molecule has 7 heteroatoms. The zero-order valence-electron chi connectivity index (χ0n) is 8.00. The molecule has 2 rings (SSSR count). The third kappa shape index (κ3) is 2.80. The van der Waals surface area contributed by atoms with E-state index in [1.54, 1.807) is 24.5 Å². The minimum absolute atomic E-state index is 0.272. The van der Waals surface area contributed by atoms with Crippen molar-refractivity contribution in [3.05, 3.63) is 36.3 Å². The molecule has 0 aromatic carbocycles. The van der Waals surface area contributed by atoms with E-state index in [4.69, 9.17) is 15.2 Å². The van der Waals surface area contributed by atoms with Crippen LogP contribution >= 0.6 is 10.7 Å². The van der Waals surface area contributed by atoms with Gasteiger partial charge >= 0.3 is 0 Å². The fourth-order valence-electron chi connectivity index (χ4n) is 1.20. The summed E-state index contributed by atoms with van der Waals surface area (Å²) in [5, 5.41) is 3.61. The SMILES string of the molecule is O=S(=O)(Cl)Cc1cc(-c2cccnc2)on1. The molecular weight excluding hydrogens is 252 g/mol. The maximum Gasteiger partial charge on any atom is 0.238 e. The minimum Gasteiger partial charge on any atom is -0.356 e. The van der Waals surface area contributed by atoms with Gasteiger partial charge in [0.2, 0.25) is 9.05 Å². The highest BCUT2D eigenvalue weighted by molar-refractivity contribution is 8.13. The highest BCUT2D eigenvalue weighted by Gasteiger charge is 2.13. The van der Waals surface area contributed by atoms with Crippen LogP contribution in [-0.2, 0) is 14.8 Å². The van der Waals surface area contributed by atoms with E-state index in [1.807, 2.05) is 0 Å². The van der Waals surface area contributed by atoms with Gasteiger partial charge in [-0.1, -0.05) is 5.16 Å². The molecule has 0 saturated heterocycles. The molecule has 0 amide bonds. The number of rotatable bonds is 3. The molecular formula is C9H7ClN2O3S. The Bertz CT molecular complexity index is 580. The van der Waals surface area contributed by atoms with Gasteiger partial charge in [-0.15, -0.1) is 0 Å². The van der Waals surface area contributed by atoms with Gasteiger partial charge in [-0.2, -0.15) is 0 Å². The summed E-state index contributed by atoms with van der Waals surface area (Å²) >= 11 is 0. The van der Waals surface area contributed by atoms with E-state index in [0.29, 0.717) is 5.76 Å². The van der Waals surface area contributed by atoms with Crippen molar-refractivity contribution >= 4 is 19.7 Å². The summed E-state index contributed by atoms with van der Waals surface area (Å²) < 4.78 is 26.6. The van der Waals surface area contributed by atoms with E-state index >= 15 is 0 Å². The van der Waals surface area contributed by atoms with E-state index in [9.17, 15) is 8.42 Å². The lowest BCUT2D eigenvalue weighted by Crippen LogP contribution is -1.94. The second kappa shape index (κ2) is 4.23. The van der Waals surface area contributed by atoms with Crippen molar-refractivity contribution in [3.63, 3.8) is 0 Å². The van der Waals surface area contributed by atoms with Crippen LogP contribution in [0.1, 0.15) is 5.69 Å². The first-order valence-electron chi connectivity index (χ1n) is 4.33. The van der Waals surface area contributed by atoms with Crippen LogP contribution in [0.15, 0.2) is 35.1 Å². The zero-order valence-corrected chi connectivity index (χ0v) is 9.57. The number of hydrogen-bond acceptors (Lipinski definition) is 5. The van der Waals surface area contributed by atoms with Gasteiger partial charge in [0.15, 0.2) is 5.76 Å². The Labute approximate surface area is 96.5 Å². The lowest BCUT2D eigenvalue weighted by Gasteiger charge is -1.90. The molecule has 0 aliphatic heterocycles. The van der Waals surface area contributed by atoms with Crippen LogP contribution in [-0.4, -0.2) is 18.6 Å². The van der Waals surface area contributed by atoms with Gasteiger partial charge in [-0.25, -0.2) is 8.42 Å². The van der Waals surface area contributed by atoms with E-state index < -0.39 is 9.05 Å². The molecule has 0 bridgehead atoms. The van der Waals surface area contributed by atoms with Crippen molar-refractivity contribution in [1.82, 2.24) is 10.1 Å². The molecule has 5 nitrogen and oxygen atoms in total. The summed E-state index contributed by atoms with van der Waals surface area (Å²) in [5.41, 5.74) is 1.00. The number of hydrogen-bond donors (Lipinski definition) is 0. The van der Waals surface area contributed by atoms with Crippen molar-refractivity contribution in [2.75, 3.05) is 0 Å². The predicted molar refractivity (Wildman–Crippen MR) is 58.2 cm³/mol. The van der Waals surface area contributed by atoms with Gasteiger partial charge in [0.1, 0.15) is 11.4 Å². The van der Waals surface area contributed by atoms with Crippen LogP contribution in [0, 0.1) is 0 Å². The largest absolute Gasteiger partial charge is 0.356 e. The average Bonchev–Trinajstić information content (AvgIpc) is 2.65. The normalized spacial score (nSPS) is 11.6. The Morgan fingerprint density at radius 1 is 1.44 bits per heavy atom. The van der Waals surface area contributed by atoms with Gasteiger partial charge in [-0.05, 0) is 12.1 Å². The number of nitrogens with zero attached hydrogens (tertiary/aromatic N) is 2. The minimum atomic E-state index is -3.61. The standard InChI is InChI=1S/C9H7ClN2O3S/c10-16(13,14)6-8-4-9(15-12-8)7-2-1-3-11-5-7/h1-5H,6H2.